The first-order valence-electron chi connectivity index (χ1n) is 8.22. The molecule has 0 unspecified atom stereocenters. The number of hydrogen-bond donors (Lipinski definition) is 3. The molecule has 0 spiro atoms. The number of carbonyl (C=O) groups is 1. The third-order valence-electron chi connectivity index (χ3n) is 4.05. The average Bonchev–Trinajstić information content (AvgIpc) is 2.65. The highest BCUT2D eigenvalue weighted by atomic mass is 19.1. The zero-order chi connectivity index (χ0) is 19.6. The molecule has 4 N–H and O–H groups in total. The quantitative estimate of drug-likeness (QED) is 0.662. The standard InChI is InChI=1S/C20H19FN4O2/c1-25(2)20(27)12-3-6-15(7-4-12)23-11-17(22)16-10-13-9-14(21)5-8-18(13)24-19(16)26/h3-11,23H,22H2,1-2H3,(H,24,26)/b17-11-. The van der Waals surface area contributed by atoms with Crippen molar-refractivity contribution in [3.05, 3.63) is 82.0 Å². The molecule has 2 aromatic carbocycles. The van der Waals surface area contributed by atoms with Gasteiger partial charge in [0.05, 0.1) is 11.3 Å². The van der Waals surface area contributed by atoms with E-state index in [1.807, 2.05) is 0 Å². The van der Waals surface area contributed by atoms with Crippen molar-refractivity contribution >= 4 is 28.2 Å². The summed E-state index contributed by atoms with van der Waals surface area (Å²) >= 11 is 0. The number of H-pyrrole nitrogens is 1. The molecule has 7 heteroatoms. The minimum absolute atomic E-state index is 0.0912. The summed E-state index contributed by atoms with van der Waals surface area (Å²) in [5, 5.41) is 3.53. The third-order valence-corrected chi connectivity index (χ3v) is 4.05. The number of amides is 1. The maximum atomic E-state index is 13.4. The Hall–Kier alpha value is -3.61. The number of benzene rings is 2. The van der Waals surface area contributed by atoms with Gasteiger partial charge in [0.1, 0.15) is 5.82 Å². The van der Waals surface area contributed by atoms with E-state index in [1.165, 1.54) is 29.3 Å². The average molecular weight is 366 g/mol. The number of fused-ring (bicyclic) bond motifs is 1. The minimum Gasteiger partial charge on any atom is -0.397 e. The van der Waals surface area contributed by atoms with Gasteiger partial charge in [0.25, 0.3) is 11.5 Å². The summed E-state index contributed by atoms with van der Waals surface area (Å²) < 4.78 is 13.4. The van der Waals surface area contributed by atoms with Gasteiger partial charge >= 0.3 is 0 Å². The van der Waals surface area contributed by atoms with Crippen molar-refractivity contribution in [2.75, 3.05) is 19.4 Å². The van der Waals surface area contributed by atoms with Crippen molar-refractivity contribution in [1.82, 2.24) is 9.88 Å². The van der Waals surface area contributed by atoms with Gasteiger partial charge in [-0.1, -0.05) is 0 Å². The Kier molecular flexibility index (Phi) is 4.94. The van der Waals surface area contributed by atoms with Crippen molar-refractivity contribution in [2.45, 2.75) is 0 Å². The van der Waals surface area contributed by atoms with Crippen LogP contribution in [-0.2, 0) is 0 Å². The molecule has 3 aromatic rings. The van der Waals surface area contributed by atoms with Crippen LogP contribution in [-0.4, -0.2) is 29.9 Å². The molecule has 0 saturated carbocycles. The summed E-state index contributed by atoms with van der Waals surface area (Å²) in [5.74, 6) is -0.486. The van der Waals surface area contributed by atoms with Crippen LogP contribution < -0.4 is 16.6 Å². The molecule has 1 amide bonds. The van der Waals surface area contributed by atoms with Crippen LogP contribution in [0.5, 0.6) is 0 Å². The van der Waals surface area contributed by atoms with Gasteiger partial charge < -0.3 is 20.9 Å². The highest BCUT2D eigenvalue weighted by Gasteiger charge is 2.08. The second-order valence-corrected chi connectivity index (χ2v) is 6.26. The SMILES string of the molecule is CN(C)C(=O)c1ccc(N/C=C(\N)c2cc3cc(F)ccc3[nH]c2=O)cc1. The Morgan fingerprint density at radius 3 is 2.52 bits per heavy atom. The van der Waals surface area contributed by atoms with Gasteiger partial charge in [0.15, 0.2) is 0 Å². The smallest absolute Gasteiger partial charge is 0.257 e. The van der Waals surface area contributed by atoms with E-state index < -0.39 is 5.82 Å². The number of nitrogens with one attached hydrogen (secondary N) is 2. The van der Waals surface area contributed by atoms with Gasteiger partial charge in [-0.05, 0) is 48.5 Å². The normalized spacial score (nSPS) is 11.4. The lowest BCUT2D eigenvalue weighted by Crippen LogP contribution is -2.21. The van der Waals surface area contributed by atoms with Crippen LogP contribution in [0.15, 0.2) is 59.5 Å². The first kappa shape index (κ1) is 18.2. The monoisotopic (exact) mass is 366 g/mol. The second-order valence-electron chi connectivity index (χ2n) is 6.26. The van der Waals surface area contributed by atoms with Gasteiger partial charge in [0.2, 0.25) is 0 Å². The van der Waals surface area contributed by atoms with Crippen LogP contribution >= 0.6 is 0 Å². The highest BCUT2D eigenvalue weighted by Crippen LogP contribution is 2.16. The molecule has 1 aromatic heterocycles. The minimum atomic E-state index is -0.395. The molecule has 0 aliphatic rings. The molecule has 0 radical (unpaired) electrons. The van der Waals surface area contributed by atoms with Gasteiger partial charge in [0, 0.05) is 42.4 Å². The van der Waals surface area contributed by atoms with Crippen molar-refractivity contribution in [2.24, 2.45) is 5.73 Å². The number of rotatable bonds is 4. The lowest BCUT2D eigenvalue weighted by molar-refractivity contribution is 0.0827. The lowest BCUT2D eigenvalue weighted by Gasteiger charge is -2.10. The Morgan fingerprint density at radius 1 is 1.15 bits per heavy atom. The maximum Gasteiger partial charge on any atom is 0.257 e. The number of aromatic nitrogens is 1. The summed E-state index contributed by atoms with van der Waals surface area (Å²) in [6.07, 6.45) is 1.48. The Bertz CT molecular complexity index is 1090. The van der Waals surface area contributed by atoms with Crippen LogP contribution in [0.2, 0.25) is 0 Å². The van der Waals surface area contributed by atoms with Crippen molar-refractivity contribution < 1.29 is 9.18 Å². The molecule has 0 atom stereocenters. The zero-order valence-electron chi connectivity index (χ0n) is 14.9. The molecule has 3 rings (SSSR count). The van der Waals surface area contributed by atoms with Gasteiger partial charge in [-0.2, -0.15) is 0 Å². The largest absolute Gasteiger partial charge is 0.397 e. The van der Waals surface area contributed by atoms with Crippen LogP contribution in [0.25, 0.3) is 16.6 Å². The summed E-state index contributed by atoms with van der Waals surface area (Å²) in [4.78, 5) is 28.3. The number of aromatic amines is 1. The number of hydrogen-bond acceptors (Lipinski definition) is 4. The van der Waals surface area contributed by atoms with Crippen LogP contribution in [0, 0.1) is 5.82 Å². The number of nitrogens with two attached hydrogens (primary N) is 1. The van der Waals surface area contributed by atoms with E-state index in [0.717, 1.165) is 0 Å². The van der Waals surface area contributed by atoms with Crippen molar-refractivity contribution in [1.29, 1.82) is 0 Å². The van der Waals surface area contributed by atoms with E-state index in [9.17, 15) is 14.0 Å². The Balaban J connectivity index is 1.83. The summed E-state index contributed by atoms with van der Waals surface area (Å²) in [6.45, 7) is 0. The molecule has 138 valence electrons. The first-order valence-corrected chi connectivity index (χ1v) is 8.22. The Labute approximate surface area is 155 Å². The number of anilines is 1. The summed E-state index contributed by atoms with van der Waals surface area (Å²) in [5.41, 5.74) is 7.90. The second kappa shape index (κ2) is 7.33. The van der Waals surface area contributed by atoms with Crippen molar-refractivity contribution in [3.63, 3.8) is 0 Å². The Morgan fingerprint density at radius 2 is 1.85 bits per heavy atom. The molecule has 0 aliphatic heterocycles. The van der Waals surface area contributed by atoms with E-state index in [4.69, 9.17) is 5.73 Å². The molecule has 0 bridgehead atoms. The number of carbonyl (C=O) groups excluding carboxylic acids is 1. The van der Waals surface area contributed by atoms with E-state index in [1.54, 1.807) is 44.4 Å². The molecule has 0 aliphatic carbocycles. The zero-order valence-corrected chi connectivity index (χ0v) is 14.9. The van der Waals surface area contributed by atoms with Crippen LogP contribution in [0.1, 0.15) is 15.9 Å². The third kappa shape index (κ3) is 3.98. The van der Waals surface area contributed by atoms with Crippen LogP contribution in [0.3, 0.4) is 0 Å². The molecule has 6 nitrogen and oxygen atoms in total. The van der Waals surface area contributed by atoms with E-state index in [2.05, 4.69) is 10.3 Å². The molecule has 0 saturated heterocycles. The number of nitrogens with zero attached hydrogens (tertiary/aromatic N) is 1. The molecule has 0 fully saturated rings. The van der Waals surface area contributed by atoms with Gasteiger partial charge in [-0.15, -0.1) is 0 Å². The van der Waals surface area contributed by atoms with Crippen molar-refractivity contribution in [3.8, 4) is 0 Å². The highest BCUT2D eigenvalue weighted by molar-refractivity contribution is 5.94. The van der Waals surface area contributed by atoms with E-state index in [0.29, 0.717) is 22.2 Å². The topological polar surface area (TPSA) is 91.2 Å². The fourth-order valence-electron chi connectivity index (χ4n) is 2.60. The maximum absolute atomic E-state index is 13.4. The van der Waals surface area contributed by atoms with Gasteiger partial charge in [-0.3, -0.25) is 9.59 Å². The molecular formula is C20H19FN4O2. The molecule has 27 heavy (non-hydrogen) atoms. The predicted molar refractivity (Wildman–Crippen MR) is 105 cm³/mol. The summed E-state index contributed by atoms with van der Waals surface area (Å²) in [6, 6.07) is 12.5. The first-order chi connectivity index (χ1) is 12.8. The fourth-order valence-corrected chi connectivity index (χ4v) is 2.60. The van der Waals surface area contributed by atoms with Crippen LogP contribution in [0.4, 0.5) is 10.1 Å². The molecule has 1 heterocycles. The number of pyridine rings is 1. The number of halogens is 1. The van der Waals surface area contributed by atoms with E-state index in [-0.39, 0.29) is 22.7 Å². The molecular weight excluding hydrogens is 347 g/mol. The summed E-state index contributed by atoms with van der Waals surface area (Å²) in [7, 11) is 3.37. The van der Waals surface area contributed by atoms with Gasteiger partial charge in [-0.25, -0.2) is 4.39 Å². The predicted octanol–water partition coefficient (Wildman–Crippen LogP) is 2.74. The fraction of sp³-hybridized carbons (Fsp3) is 0.100. The lowest BCUT2D eigenvalue weighted by atomic mass is 10.1. The van der Waals surface area contributed by atoms with E-state index >= 15 is 0 Å².